The average Bonchev–Trinajstić information content (AvgIpc) is 2.65. The van der Waals surface area contributed by atoms with Crippen molar-refractivity contribution in [1.29, 1.82) is 0 Å². The summed E-state index contributed by atoms with van der Waals surface area (Å²) in [6.07, 6.45) is 0.171. The molecule has 0 atom stereocenters. The number of hydrogen-bond donors (Lipinski definition) is 2. The van der Waals surface area contributed by atoms with Crippen molar-refractivity contribution >= 4 is 23.5 Å². The van der Waals surface area contributed by atoms with Crippen molar-refractivity contribution in [1.82, 2.24) is 5.32 Å². The van der Waals surface area contributed by atoms with Gasteiger partial charge >= 0.3 is 5.97 Å². The van der Waals surface area contributed by atoms with Gasteiger partial charge in [-0.1, -0.05) is 36.4 Å². The number of hydrogen-bond acceptors (Lipinski definition) is 5. The fourth-order valence-corrected chi connectivity index (χ4v) is 2.11. The van der Waals surface area contributed by atoms with E-state index in [9.17, 15) is 14.4 Å². The molecule has 0 bridgehead atoms. The summed E-state index contributed by atoms with van der Waals surface area (Å²) in [5.74, 6) is -0.871. The van der Waals surface area contributed by atoms with E-state index in [2.05, 4.69) is 10.6 Å². The van der Waals surface area contributed by atoms with Crippen LogP contribution >= 0.6 is 0 Å². The van der Waals surface area contributed by atoms with E-state index in [4.69, 9.17) is 9.47 Å². The number of benzene rings is 2. The fourth-order valence-electron chi connectivity index (χ4n) is 2.11. The minimum atomic E-state index is -0.688. The Kier molecular flexibility index (Phi) is 7.17. The second-order valence-corrected chi connectivity index (χ2v) is 5.38. The molecule has 0 aliphatic carbocycles. The van der Waals surface area contributed by atoms with Gasteiger partial charge in [0.05, 0.1) is 13.5 Å². The van der Waals surface area contributed by atoms with Crippen LogP contribution in [0.15, 0.2) is 54.6 Å². The second kappa shape index (κ2) is 9.83. The van der Waals surface area contributed by atoms with Gasteiger partial charge in [-0.2, -0.15) is 0 Å². The molecule has 2 amide bonds. The predicted octanol–water partition coefficient (Wildman–Crippen LogP) is 1.54. The quantitative estimate of drug-likeness (QED) is 0.700. The van der Waals surface area contributed by atoms with E-state index < -0.39 is 18.5 Å². The molecule has 0 fully saturated rings. The molecule has 2 rings (SSSR count). The number of amides is 2. The van der Waals surface area contributed by atoms with Crippen LogP contribution in [0.2, 0.25) is 0 Å². The molecule has 0 heterocycles. The SMILES string of the molecule is COc1cccc(NC(=O)COC(=O)CNC(=O)Cc2ccccc2)c1. The van der Waals surface area contributed by atoms with Crippen molar-refractivity contribution in [2.75, 3.05) is 25.6 Å². The van der Waals surface area contributed by atoms with E-state index in [0.717, 1.165) is 5.56 Å². The van der Waals surface area contributed by atoms with Crippen LogP contribution in [-0.4, -0.2) is 38.0 Å². The molecule has 0 saturated heterocycles. The lowest BCUT2D eigenvalue weighted by molar-refractivity contribution is -0.147. The molecule has 0 spiro atoms. The highest BCUT2D eigenvalue weighted by molar-refractivity contribution is 5.93. The highest BCUT2D eigenvalue weighted by Gasteiger charge is 2.10. The Hall–Kier alpha value is -3.35. The number of carbonyl (C=O) groups excluding carboxylic acids is 3. The lowest BCUT2D eigenvalue weighted by atomic mass is 10.1. The predicted molar refractivity (Wildman–Crippen MR) is 95.7 cm³/mol. The molecule has 0 unspecified atom stereocenters. The molecule has 7 nitrogen and oxygen atoms in total. The Labute approximate surface area is 151 Å². The topological polar surface area (TPSA) is 93.7 Å². The first-order chi connectivity index (χ1) is 12.6. The first kappa shape index (κ1) is 19.0. The summed E-state index contributed by atoms with van der Waals surface area (Å²) in [4.78, 5) is 35.1. The lowest BCUT2D eigenvalue weighted by Gasteiger charge is -2.08. The maximum atomic E-state index is 11.8. The Bertz CT molecular complexity index is 762. The monoisotopic (exact) mass is 356 g/mol. The van der Waals surface area contributed by atoms with Crippen LogP contribution in [0.3, 0.4) is 0 Å². The van der Waals surface area contributed by atoms with Crippen LogP contribution in [0, 0.1) is 0 Å². The zero-order valence-corrected chi connectivity index (χ0v) is 14.4. The van der Waals surface area contributed by atoms with Gasteiger partial charge in [0, 0.05) is 11.8 Å². The van der Waals surface area contributed by atoms with E-state index in [-0.39, 0.29) is 18.9 Å². The van der Waals surface area contributed by atoms with E-state index in [1.165, 1.54) is 7.11 Å². The second-order valence-electron chi connectivity index (χ2n) is 5.38. The van der Waals surface area contributed by atoms with Gasteiger partial charge in [0.15, 0.2) is 6.61 Å². The highest BCUT2D eigenvalue weighted by Crippen LogP contribution is 2.16. The molecule has 0 aliphatic heterocycles. The smallest absolute Gasteiger partial charge is 0.325 e. The van der Waals surface area contributed by atoms with Crippen molar-refractivity contribution in [2.24, 2.45) is 0 Å². The van der Waals surface area contributed by atoms with Gasteiger partial charge in [0.2, 0.25) is 5.91 Å². The number of methoxy groups -OCH3 is 1. The zero-order valence-electron chi connectivity index (χ0n) is 14.4. The van der Waals surface area contributed by atoms with Gasteiger partial charge in [-0.15, -0.1) is 0 Å². The standard InChI is InChI=1S/C19H20N2O5/c1-25-16-9-5-8-15(11-16)21-18(23)13-26-19(24)12-20-17(22)10-14-6-3-2-4-7-14/h2-9,11H,10,12-13H2,1H3,(H,20,22)(H,21,23). The van der Waals surface area contributed by atoms with E-state index in [0.29, 0.717) is 11.4 Å². The van der Waals surface area contributed by atoms with Crippen LogP contribution in [0.4, 0.5) is 5.69 Å². The minimum absolute atomic E-state index is 0.171. The normalized spacial score (nSPS) is 9.88. The third-order valence-corrected chi connectivity index (χ3v) is 3.36. The largest absolute Gasteiger partial charge is 0.497 e. The molecule has 136 valence electrons. The molecule has 2 N–H and O–H groups in total. The first-order valence-electron chi connectivity index (χ1n) is 7.97. The van der Waals surface area contributed by atoms with Gasteiger partial charge in [0.25, 0.3) is 5.91 Å². The van der Waals surface area contributed by atoms with Gasteiger partial charge in [-0.3, -0.25) is 14.4 Å². The fraction of sp³-hybridized carbons (Fsp3) is 0.211. The Morgan fingerprint density at radius 3 is 2.46 bits per heavy atom. The van der Waals surface area contributed by atoms with E-state index in [1.54, 1.807) is 24.3 Å². The van der Waals surface area contributed by atoms with Crippen molar-refractivity contribution < 1.29 is 23.9 Å². The summed E-state index contributed by atoms with van der Waals surface area (Å²) in [6.45, 7) is -0.733. The van der Waals surface area contributed by atoms with Crippen LogP contribution in [0.1, 0.15) is 5.56 Å². The van der Waals surface area contributed by atoms with Gasteiger partial charge < -0.3 is 20.1 Å². The Morgan fingerprint density at radius 1 is 0.962 bits per heavy atom. The molecule has 0 saturated carbocycles. The minimum Gasteiger partial charge on any atom is -0.497 e. The van der Waals surface area contributed by atoms with Crippen molar-refractivity contribution in [2.45, 2.75) is 6.42 Å². The molecule has 7 heteroatoms. The zero-order chi connectivity index (χ0) is 18.8. The Balaban J connectivity index is 1.67. The molecule has 0 aliphatic rings. The van der Waals surface area contributed by atoms with E-state index >= 15 is 0 Å². The van der Waals surface area contributed by atoms with Crippen molar-refractivity contribution in [3.63, 3.8) is 0 Å². The molecule has 2 aromatic carbocycles. The number of carbonyl (C=O) groups is 3. The van der Waals surface area contributed by atoms with E-state index in [1.807, 2.05) is 30.3 Å². The number of rotatable bonds is 8. The van der Waals surface area contributed by atoms with Crippen LogP contribution in [0.25, 0.3) is 0 Å². The third-order valence-electron chi connectivity index (χ3n) is 3.36. The molecule has 0 radical (unpaired) electrons. The summed E-state index contributed by atoms with van der Waals surface area (Å²) in [5, 5.41) is 5.04. The van der Waals surface area contributed by atoms with Gasteiger partial charge in [-0.05, 0) is 17.7 Å². The number of ether oxygens (including phenoxy) is 2. The number of anilines is 1. The molecular formula is C19H20N2O5. The summed E-state index contributed by atoms with van der Waals surface area (Å²) < 4.78 is 9.89. The maximum Gasteiger partial charge on any atom is 0.325 e. The third kappa shape index (κ3) is 6.64. The lowest BCUT2D eigenvalue weighted by Crippen LogP contribution is -2.33. The summed E-state index contributed by atoms with van der Waals surface area (Å²) in [7, 11) is 1.52. The van der Waals surface area contributed by atoms with Crippen LogP contribution in [0.5, 0.6) is 5.75 Å². The summed E-state index contributed by atoms with van der Waals surface area (Å²) >= 11 is 0. The van der Waals surface area contributed by atoms with Gasteiger partial charge in [0.1, 0.15) is 12.3 Å². The molecule has 26 heavy (non-hydrogen) atoms. The Morgan fingerprint density at radius 2 is 1.73 bits per heavy atom. The molecule has 0 aromatic heterocycles. The molecule has 2 aromatic rings. The maximum absolute atomic E-state index is 11.8. The molecular weight excluding hydrogens is 336 g/mol. The van der Waals surface area contributed by atoms with Gasteiger partial charge in [-0.25, -0.2) is 0 Å². The number of nitrogens with one attached hydrogen (secondary N) is 2. The van der Waals surface area contributed by atoms with Crippen LogP contribution in [-0.2, 0) is 25.5 Å². The van der Waals surface area contributed by atoms with Crippen molar-refractivity contribution in [3.8, 4) is 5.75 Å². The first-order valence-corrected chi connectivity index (χ1v) is 7.97. The average molecular weight is 356 g/mol. The summed E-state index contributed by atoms with van der Waals surface area (Å²) in [5.41, 5.74) is 1.37. The van der Waals surface area contributed by atoms with Crippen molar-refractivity contribution in [3.05, 3.63) is 60.2 Å². The highest BCUT2D eigenvalue weighted by atomic mass is 16.5. The number of esters is 1. The van der Waals surface area contributed by atoms with Crippen LogP contribution < -0.4 is 15.4 Å². The summed E-state index contributed by atoms with van der Waals surface area (Å²) in [6, 6.07) is 16.0.